The van der Waals surface area contributed by atoms with Crippen LogP contribution in [-0.2, 0) is 17.6 Å². The van der Waals surface area contributed by atoms with Crippen LogP contribution in [0.2, 0.25) is 0 Å². The van der Waals surface area contributed by atoms with E-state index in [4.69, 9.17) is 9.26 Å². The van der Waals surface area contributed by atoms with Crippen molar-refractivity contribution in [2.45, 2.75) is 32.1 Å². The molecule has 1 aliphatic carbocycles. The fraction of sp³-hybridized carbons (Fsp3) is 0.389. The molecule has 0 atom stereocenters. The van der Waals surface area contributed by atoms with Crippen LogP contribution in [0.5, 0.6) is 5.75 Å². The lowest BCUT2D eigenvalue weighted by Gasteiger charge is -2.15. The molecule has 1 aliphatic heterocycles. The highest BCUT2D eigenvalue weighted by atomic mass is 19.2. The first-order valence-corrected chi connectivity index (χ1v) is 8.48. The van der Waals surface area contributed by atoms with Gasteiger partial charge in [-0.2, -0.15) is 5.54 Å². The molecule has 26 heavy (non-hydrogen) atoms. The molecule has 1 aromatic heterocycles. The monoisotopic (exact) mass is 361 g/mol. The van der Waals surface area contributed by atoms with E-state index in [-0.39, 0.29) is 11.7 Å². The van der Waals surface area contributed by atoms with Crippen LogP contribution in [0.4, 0.5) is 10.2 Å². The molecule has 1 aromatic carbocycles. The Morgan fingerprint density at radius 2 is 2.00 bits per heavy atom. The van der Waals surface area contributed by atoms with E-state index in [0.717, 1.165) is 53.9 Å². The average molecular weight is 361 g/mol. The van der Waals surface area contributed by atoms with Gasteiger partial charge in [-0.05, 0) is 37.8 Å². The van der Waals surface area contributed by atoms with Gasteiger partial charge < -0.3 is 14.2 Å². The molecule has 2 heterocycles. The SMILES string of the molecule is CN1C(=O)CCOc2ccccc21.O=C(NF)c1onc2c1CCCC2. The predicted molar refractivity (Wildman–Crippen MR) is 91.7 cm³/mol. The summed E-state index contributed by atoms with van der Waals surface area (Å²) in [6, 6.07) is 7.57. The molecule has 0 spiro atoms. The number of aromatic nitrogens is 1. The summed E-state index contributed by atoms with van der Waals surface area (Å²) in [5.41, 5.74) is 3.46. The number of anilines is 1. The average Bonchev–Trinajstić information content (AvgIpc) is 3.05. The van der Waals surface area contributed by atoms with Crippen molar-refractivity contribution >= 4 is 17.5 Å². The molecule has 0 radical (unpaired) electrons. The number of carbonyl (C=O) groups excluding carboxylic acids is 2. The van der Waals surface area contributed by atoms with Gasteiger partial charge in [0.25, 0.3) is 0 Å². The summed E-state index contributed by atoms with van der Waals surface area (Å²) in [6.45, 7) is 0.472. The van der Waals surface area contributed by atoms with Crippen molar-refractivity contribution in [1.29, 1.82) is 0 Å². The number of benzene rings is 1. The third-order valence-electron chi connectivity index (χ3n) is 4.43. The van der Waals surface area contributed by atoms with Crippen molar-refractivity contribution in [3.05, 3.63) is 41.3 Å². The van der Waals surface area contributed by atoms with Crippen LogP contribution < -0.4 is 15.2 Å². The molecule has 8 heteroatoms. The zero-order valence-corrected chi connectivity index (χ0v) is 14.5. The van der Waals surface area contributed by atoms with E-state index >= 15 is 0 Å². The first kappa shape index (κ1) is 17.9. The highest BCUT2D eigenvalue weighted by Gasteiger charge is 2.24. The van der Waals surface area contributed by atoms with E-state index in [1.54, 1.807) is 11.9 Å². The summed E-state index contributed by atoms with van der Waals surface area (Å²) in [5.74, 6) is 0.0775. The maximum Gasteiger partial charge on any atom is 0.317 e. The normalized spacial score (nSPS) is 15.6. The topological polar surface area (TPSA) is 84.7 Å². The zero-order valence-electron chi connectivity index (χ0n) is 14.5. The van der Waals surface area contributed by atoms with Gasteiger partial charge in [0.2, 0.25) is 11.7 Å². The number of hydrogen-bond donors (Lipinski definition) is 1. The molecule has 4 rings (SSSR count). The Bertz CT molecular complexity index is 805. The van der Waals surface area contributed by atoms with Crippen molar-refractivity contribution in [3.8, 4) is 5.75 Å². The standard InChI is InChI=1S/C10H11NO2.C8H9FN2O2/c1-11-8-4-2-3-5-9(8)13-7-6-10(11)12;9-10-8(12)7-5-3-1-2-4-6(5)11-13-7/h2-5H,6-7H2,1H3;1-4H2,(H,10,12). The Morgan fingerprint density at radius 3 is 2.81 bits per heavy atom. The van der Waals surface area contributed by atoms with Crippen LogP contribution in [0.25, 0.3) is 0 Å². The molecular weight excluding hydrogens is 341 g/mol. The summed E-state index contributed by atoms with van der Waals surface area (Å²) in [7, 11) is 1.77. The second-order valence-corrected chi connectivity index (χ2v) is 6.09. The van der Waals surface area contributed by atoms with E-state index in [1.807, 2.05) is 24.3 Å². The van der Waals surface area contributed by atoms with Gasteiger partial charge in [0.05, 0.1) is 24.4 Å². The Hall–Kier alpha value is -2.90. The molecule has 0 fully saturated rings. The van der Waals surface area contributed by atoms with E-state index in [1.165, 1.54) is 0 Å². The molecule has 2 aliphatic rings. The Kier molecular flexibility index (Phi) is 5.50. The number of amides is 2. The quantitative estimate of drug-likeness (QED) is 0.789. The molecule has 138 valence electrons. The number of aryl methyl sites for hydroxylation is 1. The summed E-state index contributed by atoms with van der Waals surface area (Å²) >= 11 is 0. The number of carbonyl (C=O) groups is 2. The molecule has 0 unspecified atom stereocenters. The van der Waals surface area contributed by atoms with Crippen LogP contribution in [0.15, 0.2) is 28.8 Å². The Labute approximate surface area is 150 Å². The fourth-order valence-corrected chi connectivity index (χ4v) is 3.02. The van der Waals surface area contributed by atoms with Crippen molar-refractivity contribution in [2.75, 3.05) is 18.6 Å². The number of nitrogens with zero attached hydrogens (tertiary/aromatic N) is 2. The van der Waals surface area contributed by atoms with Gasteiger partial charge in [-0.25, -0.2) is 0 Å². The van der Waals surface area contributed by atoms with E-state index in [0.29, 0.717) is 13.0 Å². The van der Waals surface area contributed by atoms with E-state index in [9.17, 15) is 14.1 Å². The van der Waals surface area contributed by atoms with Crippen LogP contribution in [0, 0.1) is 0 Å². The number of para-hydroxylation sites is 2. The summed E-state index contributed by atoms with van der Waals surface area (Å²) < 4.78 is 22.0. The minimum atomic E-state index is -0.837. The fourth-order valence-electron chi connectivity index (χ4n) is 3.02. The molecule has 0 saturated heterocycles. The molecular formula is C18H20FN3O4. The Morgan fingerprint density at radius 1 is 1.23 bits per heavy atom. The molecule has 1 N–H and O–H groups in total. The number of halogens is 1. The second kappa shape index (κ2) is 7.99. The highest BCUT2D eigenvalue weighted by molar-refractivity contribution is 5.95. The van der Waals surface area contributed by atoms with Gasteiger partial charge in [0.15, 0.2) is 0 Å². The minimum Gasteiger partial charge on any atom is -0.491 e. The Balaban J connectivity index is 0.000000151. The number of fused-ring (bicyclic) bond motifs is 2. The number of ether oxygens (including phenoxy) is 1. The molecule has 0 bridgehead atoms. The third kappa shape index (κ3) is 3.68. The van der Waals surface area contributed by atoms with Gasteiger partial charge in [-0.1, -0.05) is 21.8 Å². The lowest BCUT2D eigenvalue weighted by molar-refractivity contribution is -0.118. The van der Waals surface area contributed by atoms with Crippen molar-refractivity contribution in [1.82, 2.24) is 10.7 Å². The van der Waals surface area contributed by atoms with E-state index in [2.05, 4.69) is 5.16 Å². The maximum atomic E-state index is 11.8. The smallest absolute Gasteiger partial charge is 0.317 e. The van der Waals surface area contributed by atoms with Crippen LogP contribution in [-0.4, -0.2) is 30.6 Å². The summed E-state index contributed by atoms with van der Waals surface area (Å²) in [5, 5.41) is 3.72. The summed E-state index contributed by atoms with van der Waals surface area (Å²) in [4.78, 5) is 24.0. The van der Waals surface area contributed by atoms with Gasteiger partial charge in [0.1, 0.15) is 5.75 Å². The minimum absolute atomic E-state index is 0.0252. The van der Waals surface area contributed by atoms with Gasteiger partial charge in [-0.3, -0.25) is 9.59 Å². The van der Waals surface area contributed by atoms with Crippen LogP contribution in [0.1, 0.15) is 41.1 Å². The molecule has 7 nitrogen and oxygen atoms in total. The first-order valence-electron chi connectivity index (χ1n) is 8.48. The lowest BCUT2D eigenvalue weighted by Crippen LogP contribution is -2.24. The predicted octanol–water partition coefficient (Wildman–Crippen LogP) is 2.60. The van der Waals surface area contributed by atoms with E-state index < -0.39 is 5.91 Å². The van der Waals surface area contributed by atoms with Gasteiger partial charge >= 0.3 is 5.91 Å². The second-order valence-electron chi connectivity index (χ2n) is 6.09. The molecule has 2 aromatic rings. The van der Waals surface area contributed by atoms with Crippen LogP contribution >= 0.6 is 0 Å². The lowest BCUT2D eigenvalue weighted by atomic mass is 9.96. The summed E-state index contributed by atoms with van der Waals surface area (Å²) in [6.07, 6.45) is 4.07. The van der Waals surface area contributed by atoms with Gasteiger partial charge in [0, 0.05) is 12.6 Å². The number of hydrogen-bond acceptors (Lipinski definition) is 5. The van der Waals surface area contributed by atoms with Gasteiger partial charge in [-0.15, -0.1) is 0 Å². The maximum absolute atomic E-state index is 11.8. The first-order chi connectivity index (χ1) is 12.6. The largest absolute Gasteiger partial charge is 0.491 e. The molecule has 2 amide bonds. The van der Waals surface area contributed by atoms with Crippen molar-refractivity contribution < 1.29 is 23.3 Å². The van der Waals surface area contributed by atoms with Crippen molar-refractivity contribution in [3.63, 3.8) is 0 Å². The van der Waals surface area contributed by atoms with Crippen LogP contribution in [0.3, 0.4) is 0 Å². The third-order valence-corrected chi connectivity index (χ3v) is 4.43. The highest BCUT2D eigenvalue weighted by Crippen LogP contribution is 2.29. The molecule has 0 saturated carbocycles. The number of nitrogens with one attached hydrogen (secondary N) is 1. The van der Waals surface area contributed by atoms with Crippen molar-refractivity contribution in [2.24, 2.45) is 0 Å². The number of rotatable bonds is 1. The zero-order chi connectivity index (χ0) is 18.5.